The van der Waals surface area contributed by atoms with Gasteiger partial charge in [0, 0.05) is 18.7 Å². The molecule has 1 aliphatic rings. The first-order chi connectivity index (χ1) is 12.8. The molecule has 3 rings (SSSR count). The first kappa shape index (κ1) is 19.5. The molecule has 2 aromatic carbocycles. The topological polar surface area (TPSA) is 54.5 Å². The zero-order chi connectivity index (χ0) is 19.6. The third kappa shape index (κ3) is 4.56. The number of aryl methyl sites for hydroxylation is 2. The molecule has 0 saturated carbocycles. The second kappa shape index (κ2) is 7.80. The molecule has 0 bridgehead atoms. The summed E-state index contributed by atoms with van der Waals surface area (Å²) in [5, 5.41) is 0. The molecule has 6 heteroatoms. The van der Waals surface area contributed by atoms with Crippen LogP contribution in [0.1, 0.15) is 42.0 Å². The Labute approximate surface area is 159 Å². The van der Waals surface area contributed by atoms with Crippen LogP contribution in [0.4, 0.5) is 10.1 Å². The number of anilines is 1. The first-order valence-electron chi connectivity index (χ1n) is 9.16. The average Bonchev–Trinajstić information content (AvgIpc) is 2.60. The van der Waals surface area contributed by atoms with Crippen LogP contribution in [-0.2, 0) is 32.6 Å². The van der Waals surface area contributed by atoms with Crippen molar-refractivity contribution < 1.29 is 17.6 Å². The fourth-order valence-corrected chi connectivity index (χ4v) is 4.93. The van der Waals surface area contributed by atoms with Crippen LogP contribution in [0, 0.1) is 12.7 Å². The van der Waals surface area contributed by atoms with Crippen LogP contribution in [0.2, 0.25) is 0 Å². The quantitative estimate of drug-likeness (QED) is 0.752. The lowest BCUT2D eigenvalue weighted by molar-refractivity contribution is -0.118. The van der Waals surface area contributed by atoms with Gasteiger partial charge in [-0.15, -0.1) is 0 Å². The van der Waals surface area contributed by atoms with E-state index < -0.39 is 15.7 Å². The second-order valence-electron chi connectivity index (χ2n) is 7.12. The van der Waals surface area contributed by atoms with Crippen molar-refractivity contribution >= 4 is 21.4 Å². The van der Waals surface area contributed by atoms with Gasteiger partial charge in [0.1, 0.15) is 5.82 Å². The van der Waals surface area contributed by atoms with Crippen LogP contribution < -0.4 is 4.90 Å². The van der Waals surface area contributed by atoms with Crippen molar-refractivity contribution in [2.45, 2.75) is 44.6 Å². The number of hydrogen-bond donors (Lipinski definition) is 0. The van der Waals surface area contributed by atoms with E-state index in [0.717, 1.165) is 17.7 Å². The van der Waals surface area contributed by atoms with Gasteiger partial charge in [0.05, 0.1) is 11.5 Å². The lowest BCUT2D eigenvalue weighted by Gasteiger charge is -2.29. The molecule has 144 valence electrons. The second-order valence-corrected chi connectivity index (χ2v) is 9.19. The van der Waals surface area contributed by atoms with Crippen molar-refractivity contribution in [3.63, 3.8) is 0 Å². The number of carbonyl (C=O) groups is 1. The fourth-order valence-electron chi connectivity index (χ4n) is 3.46. The van der Waals surface area contributed by atoms with Crippen LogP contribution in [0.3, 0.4) is 0 Å². The number of rotatable bonds is 6. The third-order valence-corrected chi connectivity index (χ3v) is 6.35. The molecule has 0 aliphatic carbocycles. The van der Waals surface area contributed by atoms with Gasteiger partial charge in [-0.1, -0.05) is 31.2 Å². The molecule has 0 unspecified atom stereocenters. The molecule has 0 atom stereocenters. The van der Waals surface area contributed by atoms with E-state index in [2.05, 4.69) is 0 Å². The number of halogens is 1. The van der Waals surface area contributed by atoms with Crippen molar-refractivity contribution in [1.82, 2.24) is 0 Å². The maximum Gasteiger partial charge on any atom is 0.227 e. The number of benzene rings is 2. The molecule has 0 saturated heterocycles. The van der Waals surface area contributed by atoms with Gasteiger partial charge in [0.25, 0.3) is 0 Å². The van der Waals surface area contributed by atoms with E-state index in [1.165, 1.54) is 6.07 Å². The van der Waals surface area contributed by atoms with Gasteiger partial charge >= 0.3 is 0 Å². The van der Waals surface area contributed by atoms with Crippen molar-refractivity contribution in [3.05, 3.63) is 64.5 Å². The van der Waals surface area contributed by atoms with Crippen LogP contribution >= 0.6 is 0 Å². The van der Waals surface area contributed by atoms with Gasteiger partial charge in [-0.25, -0.2) is 12.8 Å². The normalized spacial score (nSPS) is 14.3. The fraction of sp³-hybridized carbons (Fsp3) is 0.381. The molecule has 0 radical (unpaired) electrons. The van der Waals surface area contributed by atoms with E-state index in [1.807, 2.05) is 19.1 Å². The molecule has 27 heavy (non-hydrogen) atoms. The highest BCUT2D eigenvalue weighted by Crippen LogP contribution is 2.29. The lowest BCUT2D eigenvalue weighted by atomic mass is 9.99. The predicted octanol–water partition coefficient (Wildman–Crippen LogP) is 3.94. The van der Waals surface area contributed by atoms with Gasteiger partial charge in [0.2, 0.25) is 5.91 Å². The summed E-state index contributed by atoms with van der Waals surface area (Å²) in [5.74, 6) is -0.567. The summed E-state index contributed by atoms with van der Waals surface area (Å²) in [6.07, 6.45) is 1.95. The third-order valence-electron chi connectivity index (χ3n) is 4.80. The molecule has 1 amide bonds. The number of sulfone groups is 1. The standard InChI is InChI=1S/C21H24FNO3S/c1-3-10-23-20-8-6-16(11-18(20)7-9-21(23)24)13-27(25,26)14-17-5-4-15(2)19(22)12-17/h4-6,8,11-12H,3,7,9-10,13-14H2,1-2H3. The van der Waals surface area contributed by atoms with Crippen molar-refractivity contribution in [2.75, 3.05) is 11.4 Å². The Morgan fingerprint density at radius 1 is 1.04 bits per heavy atom. The zero-order valence-corrected chi connectivity index (χ0v) is 16.5. The predicted molar refractivity (Wildman–Crippen MR) is 105 cm³/mol. The minimum Gasteiger partial charge on any atom is -0.312 e. The Morgan fingerprint density at radius 3 is 2.37 bits per heavy atom. The number of hydrogen-bond acceptors (Lipinski definition) is 3. The highest BCUT2D eigenvalue weighted by atomic mass is 32.2. The smallest absolute Gasteiger partial charge is 0.227 e. The molecule has 0 fully saturated rings. The summed E-state index contributed by atoms with van der Waals surface area (Å²) in [4.78, 5) is 13.9. The average molecular weight is 389 g/mol. The summed E-state index contributed by atoms with van der Waals surface area (Å²) in [6.45, 7) is 4.34. The highest BCUT2D eigenvalue weighted by molar-refractivity contribution is 7.89. The molecular weight excluding hydrogens is 365 g/mol. The number of nitrogens with zero attached hydrogens (tertiary/aromatic N) is 1. The molecule has 1 aliphatic heterocycles. The van der Waals surface area contributed by atoms with Crippen LogP contribution in [-0.4, -0.2) is 20.9 Å². The van der Waals surface area contributed by atoms with E-state index in [4.69, 9.17) is 0 Å². The van der Waals surface area contributed by atoms with Gasteiger partial charge < -0.3 is 4.90 Å². The molecule has 0 spiro atoms. The minimum absolute atomic E-state index is 0.0997. The Hall–Kier alpha value is -2.21. The molecular formula is C21H24FNO3S. The van der Waals surface area contributed by atoms with Gasteiger partial charge in [0.15, 0.2) is 9.84 Å². The lowest BCUT2D eigenvalue weighted by Crippen LogP contribution is -2.35. The number of amides is 1. The molecule has 1 heterocycles. The monoisotopic (exact) mass is 389 g/mol. The summed E-state index contributed by atoms with van der Waals surface area (Å²) in [7, 11) is -3.43. The van der Waals surface area contributed by atoms with Gasteiger partial charge in [-0.2, -0.15) is 0 Å². The molecule has 4 nitrogen and oxygen atoms in total. The van der Waals surface area contributed by atoms with Crippen LogP contribution in [0.25, 0.3) is 0 Å². The summed E-state index contributed by atoms with van der Waals surface area (Å²) < 4.78 is 38.8. The van der Waals surface area contributed by atoms with Crippen LogP contribution in [0.15, 0.2) is 36.4 Å². The van der Waals surface area contributed by atoms with E-state index in [1.54, 1.807) is 30.0 Å². The largest absolute Gasteiger partial charge is 0.312 e. The van der Waals surface area contributed by atoms with Crippen molar-refractivity contribution in [3.8, 4) is 0 Å². The van der Waals surface area contributed by atoms with E-state index >= 15 is 0 Å². The minimum atomic E-state index is -3.43. The summed E-state index contributed by atoms with van der Waals surface area (Å²) >= 11 is 0. The molecule has 2 aromatic rings. The zero-order valence-electron chi connectivity index (χ0n) is 15.7. The molecule has 0 N–H and O–H groups in total. The van der Waals surface area contributed by atoms with E-state index in [0.29, 0.717) is 36.1 Å². The highest BCUT2D eigenvalue weighted by Gasteiger charge is 2.24. The SMILES string of the molecule is CCCN1C(=O)CCc2cc(CS(=O)(=O)Cc3ccc(C)c(F)c3)ccc21. The Balaban J connectivity index is 1.79. The van der Waals surface area contributed by atoms with Gasteiger partial charge in [-0.05, 0) is 54.2 Å². The van der Waals surface area contributed by atoms with Crippen molar-refractivity contribution in [2.24, 2.45) is 0 Å². The summed E-state index contributed by atoms with van der Waals surface area (Å²) in [6, 6.07) is 10.0. The van der Waals surface area contributed by atoms with Crippen molar-refractivity contribution in [1.29, 1.82) is 0 Å². The van der Waals surface area contributed by atoms with E-state index in [9.17, 15) is 17.6 Å². The first-order valence-corrected chi connectivity index (χ1v) is 11.0. The van der Waals surface area contributed by atoms with E-state index in [-0.39, 0.29) is 17.4 Å². The summed E-state index contributed by atoms with van der Waals surface area (Å²) in [5.41, 5.74) is 3.55. The maximum atomic E-state index is 13.7. The Kier molecular flexibility index (Phi) is 5.65. The van der Waals surface area contributed by atoms with Gasteiger partial charge in [-0.3, -0.25) is 4.79 Å². The van der Waals surface area contributed by atoms with Crippen LogP contribution in [0.5, 0.6) is 0 Å². The number of carbonyl (C=O) groups excluding carboxylic acids is 1. The molecule has 0 aromatic heterocycles. The Morgan fingerprint density at radius 2 is 1.70 bits per heavy atom. The number of fused-ring (bicyclic) bond motifs is 1. The maximum absolute atomic E-state index is 13.7. The Bertz CT molecular complexity index is 969.